The molecule has 2 heteroatoms. The van der Waals surface area contributed by atoms with Gasteiger partial charge in [-0.25, -0.2) is 0 Å². The summed E-state index contributed by atoms with van der Waals surface area (Å²) < 4.78 is 0. The fraction of sp³-hybridized carbons (Fsp3) is 0.250. The number of allylic oxidation sites excluding steroid dienone is 1. The van der Waals surface area contributed by atoms with E-state index in [4.69, 9.17) is 0 Å². The Morgan fingerprint density at radius 2 is 1.64 bits per heavy atom. The number of unbranched alkanes of at least 4 members (excludes halogenated alkanes) is 1. The van der Waals surface area contributed by atoms with E-state index >= 15 is 0 Å². The first kappa shape index (κ1) is 16.0. The molecular formula is C20H23NO. The van der Waals surface area contributed by atoms with Gasteiger partial charge in [0.1, 0.15) is 0 Å². The van der Waals surface area contributed by atoms with Crippen LogP contribution in [0.5, 0.6) is 0 Å². The number of hydrogen-bond acceptors (Lipinski definition) is 2. The lowest BCUT2D eigenvalue weighted by molar-refractivity contribution is -0.114. The summed E-state index contributed by atoms with van der Waals surface area (Å²) in [4.78, 5) is 12.1. The van der Waals surface area contributed by atoms with Crippen molar-refractivity contribution in [2.75, 3.05) is 0 Å². The molecule has 0 atom stereocenters. The van der Waals surface area contributed by atoms with Crippen molar-refractivity contribution in [3.63, 3.8) is 0 Å². The highest BCUT2D eigenvalue weighted by Crippen LogP contribution is 2.13. The summed E-state index contributed by atoms with van der Waals surface area (Å²) in [7, 11) is 0. The van der Waals surface area contributed by atoms with Gasteiger partial charge in [0.05, 0.1) is 0 Å². The maximum Gasteiger partial charge on any atom is 0.157 e. The van der Waals surface area contributed by atoms with Crippen molar-refractivity contribution < 1.29 is 4.79 Å². The van der Waals surface area contributed by atoms with Crippen molar-refractivity contribution in [3.8, 4) is 0 Å². The molecule has 2 rings (SSSR count). The molecule has 0 aromatic heterocycles. The molecule has 2 aromatic carbocycles. The molecular weight excluding hydrogens is 270 g/mol. The summed E-state index contributed by atoms with van der Waals surface area (Å²) >= 11 is 0. The molecule has 0 aliphatic rings. The van der Waals surface area contributed by atoms with Crippen LogP contribution in [-0.2, 0) is 11.3 Å². The lowest BCUT2D eigenvalue weighted by atomic mass is 10.1. The van der Waals surface area contributed by atoms with Crippen molar-refractivity contribution >= 4 is 11.5 Å². The van der Waals surface area contributed by atoms with E-state index < -0.39 is 0 Å². The van der Waals surface area contributed by atoms with E-state index in [0.717, 1.165) is 24.1 Å². The summed E-state index contributed by atoms with van der Waals surface area (Å²) in [5, 5.41) is 3.40. The smallest absolute Gasteiger partial charge is 0.157 e. The monoisotopic (exact) mass is 293 g/mol. The highest BCUT2D eigenvalue weighted by Gasteiger charge is 2.05. The first-order valence-corrected chi connectivity index (χ1v) is 7.87. The van der Waals surface area contributed by atoms with E-state index in [0.29, 0.717) is 13.0 Å². The third-order valence-corrected chi connectivity index (χ3v) is 3.49. The third-order valence-electron chi connectivity index (χ3n) is 3.49. The number of benzene rings is 2. The minimum Gasteiger partial charge on any atom is -0.380 e. The van der Waals surface area contributed by atoms with E-state index in [1.165, 1.54) is 5.56 Å². The largest absolute Gasteiger partial charge is 0.380 e. The molecule has 0 amide bonds. The van der Waals surface area contributed by atoms with Crippen molar-refractivity contribution in [1.82, 2.24) is 5.32 Å². The molecule has 1 N–H and O–H groups in total. The number of carbonyl (C=O) groups is 1. The maximum atomic E-state index is 12.1. The van der Waals surface area contributed by atoms with Gasteiger partial charge in [-0.05, 0) is 17.5 Å². The van der Waals surface area contributed by atoms with E-state index in [-0.39, 0.29) is 5.78 Å². The van der Waals surface area contributed by atoms with Crippen LogP contribution >= 0.6 is 0 Å². The fourth-order valence-electron chi connectivity index (χ4n) is 2.23. The molecule has 0 aliphatic carbocycles. The predicted octanol–water partition coefficient (Wildman–Crippen LogP) is 4.58. The molecule has 0 bridgehead atoms. The Kier molecular flexibility index (Phi) is 6.43. The molecule has 0 spiro atoms. The van der Waals surface area contributed by atoms with Gasteiger partial charge in [0.25, 0.3) is 0 Å². The van der Waals surface area contributed by atoms with Crippen LogP contribution in [0.3, 0.4) is 0 Å². The van der Waals surface area contributed by atoms with Crippen LogP contribution in [0.2, 0.25) is 0 Å². The van der Waals surface area contributed by atoms with Crippen LogP contribution in [0.25, 0.3) is 5.70 Å². The lowest BCUT2D eigenvalue weighted by Gasteiger charge is -2.11. The van der Waals surface area contributed by atoms with Gasteiger partial charge in [0.15, 0.2) is 5.78 Å². The Balaban J connectivity index is 2.11. The third kappa shape index (κ3) is 5.21. The standard InChI is InChI=1S/C20H23NO/c1-2-3-14-19(22)15-20(18-12-8-5-9-13-18)21-16-17-10-6-4-7-11-17/h4-13,15,21H,2-3,14,16H2,1H3/b20-15+. The second kappa shape index (κ2) is 8.83. The Labute approximate surface area is 132 Å². The van der Waals surface area contributed by atoms with Gasteiger partial charge in [-0.1, -0.05) is 74.0 Å². The van der Waals surface area contributed by atoms with E-state index in [9.17, 15) is 4.79 Å². The Bertz CT molecular complexity index is 602. The molecule has 2 nitrogen and oxygen atoms in total. The predicted molar refractivity (Wildman–Crippen MR) is 92.2 cm³/mol. The average Bonchev–Trinajstić information content (AvgIpc) is 2.58. The zero-order chi connectivity index (χ0) is 15.6. The van der Waals surface area contributed by atoms with Gasteiger partial charge in [0, 0.05) is 24.7 Å². The van der Waals surface area contributed by atoms with Gasteiger partial charge >= 0.3 is 0 Å². The highest BCUT2D eigenvalue weighted by atomic mass is 16.1. The number of ketones is 1. The van der Waals surface area contributed by atoms with Crippen molar-refractivity contribution in [1.29, 1.82) is 0 Å². The van der Waals surface area contributed by atoms with Crippen molar-refractivity contribution in [2.24, 2.45) is 0 Å². The van der Waals surface area contributed by atoms with Crippen LogP contribution in [0, 0.1) is 0 Å². The highest BCUT2D eigenvalue weighted by molar-refractivity contribution is 5.96. The molecule has 0 saturated heterocycles. The molecule has 0 heterocycles. The molecule has 0 radical (unpaired) electrons. The Morgan fingerprint density at radius 3 is 2.27 bits per heavy atom. The van der Waals surface area contributed by atoms with Crippen LogP contribution in [-0.4, -0.2) is 5.78 Å². The molecule has 114 valence electrons. The van der Waals surface area contributed by atoms with Gasteiger partial charge in [-0.2, -0.15) is 0 Å². The quantitative estimate of drug-likeness (QED) is 0.722. The first-order valence-electron chi connectivity index (χ1n) is 7.87. The van der Waals surface area contributed by atoms with Gasteiger partial charge in [-0.3, -0.25) is 4.79 Å². The van der Waals surface area contributed by atoms with Crippen LogP contribution < -0.4 is 5.32 Å². The number of hydrogen-bond donors (Lipinski definition) is 1. The summed E-state index contributed by atoms with van der Waals surface area (Å²) in [6.45, 7) is 2.81. The maximum absolute atomic E-state index is 12.1. The molecule has 0 fully saturated rings. The van der Waals surface area contributed by atoms with Crippen molar-refractivity contribution in [3.05, 3.63) is 77.9 Å². The van der Waals surface area contributed by atoms with Crippen molar-refractivity contribution in [2.45, 2.75) is 32.7 Å². The Hall–Kier alpha value is -2.35. The fourth-order valence-corrected chi connectivity index (χ4v) is 2.23. The molecule has 2 aromatic rings. The molecule has 0 saturated carbocycles. The summed E-state index contributed by atoms with van der Waals surface area (Å²) in [6, 6.07) is 20.2. The molecule has 0 aliphatic heterocycles. The second-order valence-electron chi connectivity index (χ2n) is 5.33. The zero-order valence-electron chi connectivity index (χ0n) is 13.1. The SMILES string of the molecule is CCCCC(=O)/C=C(/NCc1ccccc1)c1ccccc1. The Morgan fingerprint density at radius 1 is 1.00 bits per heavy atom. The minimum absolute atomic E-state index is 0.182. The van der Waals surface area contributed by atoms with Crippen LogP contribution in [0.1, 0.15) is 37.3 Å². The number of carbonyl (C=O) groups excluding carboxylic acids is 1. The summed E-state index contributed by atoms with van der Waals surface area (Å²) in [5.41, 5.74) is 3.14. The number of rotatable bonds is 8. The number of nitrogens with one attached hydrogen (secondary N) is 1. The zero-order valence-corrected chi connectivity index (χ0v) is 13.1. The van der Waals surface area contributed by atoms with Gasteiger partial charge in [0.2, 0.25) is 0 Å². The summed E-state index contributed by atoms with van der Waals surface area (Å²) in [5.74, 6) is 0.182. The van der Waals surface area contributed by atoms with Gasteiger partial charge < -0.3 is 5.32 Å². The lowest BCUT2D eigenvalue weighted by Crippen LogP contribution is -2.13. The molecule has 0 unspecified atom stereocenters. The van der Waals surface area contributed by atoms with E-state index in [1.807, 2.05) is 48.5 Å². The minimum atomic E-state index is 0.182. The van der Waals surface area contributed by atoms with E-state index in [2.05, 4.69) is 24.4 Å². The summed E-state index contributed by atoms with van der Waals surface area (Å²) in [6.07, 6.45) is 4.33. The van der Waals surface area contributed by atoms with Crippen LogP contribution in [0.15, 0.2) is 66.7 Å². The topological polar surface area (TPSA) is 29.1 Å². The normalized spacial score (nSPS) is 11.2. The van der Waals surface area contributed by atoms with Gasteiger partial charge in [-0.15, -0.1) is 0 Å². The van der Waals surface area contributed by atoms with Crippen LogP contribution in [0.4, 0.5) is 0 Å². The average molecular weight is 293 g/mol. The first-order chi connectivity index (χ1) is 10.8. The van der Waals surface area contributed by atoms with E-state index in [1.54, 1.807) is 6.08 Å². The second-order valence-corrected chi connectivity index (χ2v) is 5.33. The molecule has 22 heavy (non-hydrogen) atoms.